The molecule has 0 N–H and O–H groups in total. The summed E-state index contributed by atoms with van der Waals surface area (Å²) in [5.41, 5.74) is 1.02. The Morgan fingerprint density at radius 1 is 1.41 bits per heavy atom. The summed E-state index contributed by atoms with van der Waals surface area (Å²) in [6.07, 6.45) is 0. The van der Waals surface area contributed by atoms with Gasteiger partial charge in [0.05, 0.1) is 16.1 Å². The highest BCUT2D eigenvalue weighted by Crippen LogP contribution is 2.24. The number of hydrogen-bond acceptors (Lipinski definition) is 1. The Morgan fingerprint density at radius 3 is 2.53 bits per heavy atom. The van der Waals surface area contributed by atoms with Crippen molar-refractivity contribution in [2.45, 2.75) is 26.3 Å². The molecule has 0 aromatic heterocycles. The van der Waals surface area contributed by atoms with E-state index in [1.54, 1.807) is 18.0 Å². The van der Waals surface area contributed by atoms with Gasteiger partial charge >= 0.3 is 0 Å². The number of halogens is 2. The molecule has 0 fully saturated rings. The maximum Gasteiger partial charge on any atom is 0.255 e. The minimum atomic E-state index is -0.397. The van der Waals surface area contributed by atoms with E-state index in [1.807, 2.05) is 32.9 Å². The predicted octanol–water partition coefficient (Wildman–Crippen LogP) is 3.74. The summed E-state index contributed by atoms with van der Waals surface area (Å²) in [5, 5.41) is 0.509. The fourth-order valence-electron chi connectivity index (χ4n) is 1.36. The first-order valence-corrected chi connectivity index (χ1v) is 6.31. The van der Waals surface area contributed by atoms with E-state index in [-0.39, 0.29) is 5.91 Å². The van der Waals surface area contributed by atoms with Crippen LogP contribution in [-0.4, -0.2) is 29.3 Å². The molecule has 0 aliphatic rings. The van der Waals surface area contributed by atoms with E-state index in [4.69, 9.17) is 23.2 Å². The largest absolute Gasteiger partial charge is 0.335 e. The molecule has 1 aromatic rings. The number of alkyl halides is 1. The lowest BCUT2D eigenvalue weighted by Gasteiger charge is -2.34. The van der Waals surface area contributed by atoms with Crippen molar-refractivity contribution >= 4 is 29.1 Å². The summed E-state index contributed by atoms with van der Waals surface area (Å²) < 4.78 is 0. The Bertz CT molecular complexity index is 429. The van der Waals surface area contributed by atoms with Crippen LogP contribution in [0.3, 0.4) is 0 Å². The first-order chi connectivity index (χ1) is 7.81. The molecule has 94 valence electrons. The van der Waals surface area contributed by atoms with Gasteiger partial charge in [-0.3, -0.25) is 4.79 Å². The van der Waals surface area contributed by atoms with Crippen LogP contribution in [0, 0.1) is 6.92 Å². The van der Waals surface area contributed by atoms with E-state index in [0.29, 0.717) is 16.5 Å². The van der Waals surface area contributed by atoms with E-state index in [2.05, 4.69) is 0 Å². The van der Waals surface area contributed by atoms with Gasteiger partial charge < -0.3 is 4.90 Å². The molecule has 0 bridgehead atoms. The van der Waals surface area contributed by atoms with Crippen LogP contribution in [0.15, 0.2) is 18.2 Å². The van der Waals surface area contributed by atoms with Crippen molar-refractivity contribution in [2.75, 3.05) is 12.9 Å². The smallest absolute Gasteiger partial charge is 0.255 e. The minimum absolute atomic E-state index is 0.107. The molecule has 1 aromatic carbocycles. The van der Waals surface area contributed by atoms with E-state index in [0.717, 1.165) is 5.56 Å². The van der Waals surface area contributed by atoms with E-state index in [1.165, 1.54) is 0 Å². The summed E-state index contributed by atoms with van der Waals surface area (Å²) >= 11 is 12.0. The van der Waals surface area contributed by atoms with Crippen molar-refractivity contribution in [3.05, 3.63) is 34.3 Å². The Hall–Kier alpha value is -0.730. The molecule has 17 heavy (non-hydrogen) atoms. The third kappa shape index (κ3) is 2.93. The lowest BCUT2D eigenvalue weighted by Crippen LogP contribution is -2.46. The van der Waals surface area contributed by atoms with Crippen LogP contribution in [0.5, 0.6) is 0 Å². The number of hydrogen-bond donors (Lipinski definition) is 0. The SMILES string of the molecule is Cc1cccc(C(=O)N(C)C(C)(C)CCl)c1Cl. The molecule has 1 amide bonds. The third-order valence-electron chi connectivity index (χ3n) is 2.96. The average molecular weight is 274 g/mol. The molecule has 4 heteroatoms. The number of nitrogens with zero attached hydrogens (tertiary/aromatic N) is 1. The zero-order chi connectivity index (χ0) is 13.2. The predicted molar refractivity (Wildman–Crippen MR) is 73.1 cm³/mol. The number of rotatable bonds is 3. The second-order valence-electron chi connectivity index (χ2n) is 4.75. The summed E-state index contributed by atoms with van der Waals surface area (Å²) in [5.74, 6) is 0.267. The third-order valence-corrected chi connectivity index (χ3v) is 4.12. The van der Waals surface area contributed by atoms with Gasteiger partial charge in [0, 0.05) is 12.9 Å². The van der Waals surface area contributed by atoms with Gasteiger partial charge in [-0.1, -0.05) is 23.7 Å². The highest BCUT2D eigenvalue weighted by atomic mass is 35.5. The maximum atomic E-state index is 12.3. The van der Waals surface area contributed by atoms with Gasteiger partial charge in [-0.2, -0.15) is 0 Å². The van der Waals surface area contributed by atoms with Gasteiger partial charge in [-0.05, 0) is 32.4 Å². The van der Waals surface area contributed by atoms with Crippen molar-refractivity contribution in [3.8, 4) is 0 Å². The zero-order valence-corrected chi connectivity index (χ0v) is 12.1. The van der Waals surface area contributed by atoms with Crippen LogP contribution in [0.1, 0.15) is 29.8 Å². The molecular formula is C13H17Cl2NO. The first-order valence-electron chi connectivity index (χ1n) is 5.40. The molecule has 0 radical (unpaired) electrons. The molecule has 2 nitrogen and oxygen atoms in total. The molecule has 0 aliphatic heterocycles. The maximum absolute atomic E-state index is 12.3. The molecule has 1 rings (SSSR count). The lowest BCUT2D eigenvalue weighted by atomic mass is 10.0. The van der Waals surface area contributed by atoms with Crippen molar-refractivity contribution in [2.24, 2.45) is 0 Å². The fourth-order valence-corrected chi connectivity index (χ4v) is 1.74. The quantitative estimate of drug-likeness (QED) is 0.769. The second-order valence-corrected chi connectivity index (χ2v) is 5.39. The normalized spacial score (nSPS) is 11.4. The molecule has 0 heterocycles. The van der Waals surface area contributed by atoms with Gasteiger partial charge in [0.2, 0.25) is 0 Å². The number of benzene rings is 1. The molecule has 0 saturated carbocycles. The van der Waals surface area contributed by atoms with Crippen molar-refractivity contribution in [3.63, 3.8) is 0 Å². The number of aryl methyl sites for hydroxylation is 1. The van der Waals surface area contributed by atoms with Crippen LogP contribution in [-0.2, 0) is 0 Å². The van der Waals surface area contributed by atoms with E-state index in [9.17, 15) is 4.79 Å². The van der Waals surface area contributed by atoms with E-state index >= 15 is 0 Å². The van der Waals surface area contributed by atoms with Crippen molar-refractivity contribution < 1.29 is 4.79 Å². The van der Waals surface area contributed by atoms with Crippen LogP contribution < -0.4 is 0 Å². The number of carbonyl (C=O) groups excluding carboxylic acids is 1. The van der Waals surface area contributed by atoms with Gasteiger partial charge in [0.25, 0.3) is 5.91 Å². The highest BCUT2D eigenvalue weighted by Gasteiger charge is 2.28. The molecule has 0 unspecified atom stereocenters. The van der Waals surface area contributed by atoms with Crippen molar-refractivity contribution in [1.82, 2.24) is 4.90 Å². The number of amides is 1. The Balaban J connectivity index is 3.09. The molecule has 0 spiro atoms. The molecule has 0 atom stereocenters. The molecule has 0 saturated heterocycles. The van der Waals surface area contributed by atoms with Gasteiger partial charge in [0.15, 0.2) is 0 Å². The van der Waals surface area contributed by atoms with Crippen LogP contribution in [0.4, 0.5) is 0 Å². The first kappa shape index (κ1) is 14.3. The van der Waals surface area contributed by atoms with Crippen LogP contribution in [0.25, 0.3) is 0 Å². The van der Waals surface area contributed by atoms with Crippen LogP contribution in [0.2, 0.25) is 5.02 Å². The fraction of sp³-hybridized carbons (Fsp3) is 0.462. The van der Waals surface area contributed by atoms with Crippen LogP contribution >= 0.6 is 23.2 Å². The van der Waals surface area contributed by atoms with E-state index < -0.39 is 5.54 Å². The summed E-state index contributed by atoms with van der Waals surface area (Å²) in [6, 6.07) is 5.44. The van der Waals surface area contributed by atoms with Gasteiger partial charge in [0.1, 0.15) is 0 Å². The molecule has 0 aliphatic carbocycles. The lowest BCUT2D eigenvalue weighted by molar-refractivity contribution is 0.0660. The van der Waals surface area contributed by atoms with Crippen molar-refractivity contribution in [1.29, 1.82) is 0 Å². The number of carbonyl (C=O) groups is 1. The Kier molecular flexibility index (Phi) is 4.45. The minimum Gasteiger partial charge on any atom is -0.335 e. The standard InChI is InChI=1S/C13H17Cl2NO/c1-9-6-5-7-10(11(9)15)12(17)16(4)13(2,3)8-14/h5-7H,8H2,1-4H3. The summed E-state index contributed by atoms with van der Waals surface area (Å²) in [4.78, 5) is 13.9. The Morgan fingerprint density at radius 2 is 2.00 bits per heavy atom. The Labute approximate surface area is 113 Å². The van der Waals surface area contributed by atoms with Gasteiger partial charge in [-0.25, -0.2) is 0 Å². The molecular weight excluding hydrogens is 257 g/mol. The highest BCUT2D eigenvalue weighted by molar-refractivity contribution is 6.34. The monoisotopic (exact) mass is 273 g/mol. The van der Waals surface area contributed by atoms with Gasteiger partial charge in [-0.15, -0.1) is 11.6 Å². The zero-order valence-electron chi connectivity index (χ0n) is 10.6. The topological polar surface area (TPSA) is 20.3 Å². The summed E-state index contributed by atoms with van der Waals surface area (Å²) in [6.45, 7) is 5.72. The average Bonchev–Trinajstić information content (AvgIpc) is 2.30. The second kappa shape index (κ2) is 5.28. The summed E-state index contributed by atoms with van der Waals surface area (Å²) in [7, 11) is 1.74.